The lowest BCUT2D eigenvalue weighted by Gasteiger charge is -2.09. The van der Waals surface area contributed by atoms with E-state index in [9.17, 15) is 4.79 Å². The van der Waals surface area contributed by atoms with E-state index in [1.807, 2.05) is 30.6 Å². The van der Waals surface area contributed by atoms with Crippen LogP contribution in [0.5, 0.6) is 5.75 Å². The van der Waals surface area contributed by atoms with Gasteiger partial charge in [-0.3, -0.25) is 4.79 Å². The highest BCUT2D eigenvalue weighted by Gasteiger charge is 2.16. The molecule has 2 aromatic rings. The van der Waals surface area contributed by atoms with Gasteiger partial charge in [-0.05, 0) is 38.1 Å². The van der Waals surface area contributed by atoms with Gasteiger partial charge >= 0.3 is 0 Å². The Bertz CT molecular complexity index is 790. The predicted octanol–water partition coefficient (Wildman–Crippen LogP) is 3.54. The van der Waals surface area contributed by atoms with Crippen LogP contribution in [0.15, 0.2) is 24.3 Å². The first-order chi connectivity index (χ1) is 11.5. The van der Waals surface area contributed by atoms with Crippen LogP contribution in [0.4, 0.5) is 0 Å². The first-order valence-corrected chi connectivity index (χ1v) is 7.87. The molecule has 0 saturated carbocycles. The molecular formula is C18H19ClN2O3. The molecule has 126 valence electrons. The van der Waals surface area contributed by atoms with Gasteiger partial charge in [-0.1, -0.05) is 11.6 Å². The van der Waals surface area contributed by atoms with Crippen LogP contribution in [-0.2, 0) is 11.3 Å². The molecule has 24 heavy (non-hydrogen) atoms. The third-order valence-corrected chi connectivity index (χ3v) is 4.11. The third-order valence-electron chi connectivity index (χ3n) is 3.81. The highest BCUT2D eigenvalue weighted by atomic mass is 35.5. The van der Waals surface area contributed by atoms with Crippen molar-refractivity contribution in [1.29, 1.82) is 5.26 Å². The fourth-order valence-corrected chi connectivity index (χ4v) is 2.75. The van der Waals surface area contributed by atoms with E-state index < -0.39 is 0 Å². The van der Waals surface area contributed by atoms with E-state index >= 15 is 0 Å². The highest BCUT2D eigenvalue weighted by Crippen LogP contribution is 2.25. The standard InChI is InChI=1S/C18H19ClN2O3/c1-12-8-15(13(2)21(12)6-7-23-3)17(22)11-24-18-5-4-14(10-20)9-16(18)19/h4-5,8-9H,6-7,11H2,1-3H3. The summed E-state index contributed by atoms with van der Waals surface area (Å²) < 4.78 is 12.7. The molecule has 0 saturated heterocycles. The first kappa shape index (κ1) is 18.1. The Kier molecular flexibility index (Phi) is 6.02. The van der Waals surface area contributed by atoms with Crippen molar-refractivity contribution in [2.45, 2.75) is 20.4 Å². The number of methoxy groups -OCH3 is 1. The van der Waals surface area contributed by atoms with Gasteiger partial charge < -0.3 is 14.0 Å². The smallest absolute Gasteiger partial charge is 0.202 e. The second kappa shape index (κ2) is 8.00. The Hall–Kier alpha value is -2.29. The van der Waals surface area contributed by atoms with Crippen LogP contribution in [0.1, 0.15) is 27.3 Å². The number of nitrogens with zero attached hydrogens (tertiary/aromatic N) is 2. The zero-order chi connectivity index (χ0) is 17.7. The molecule has 1 aromatic carbocycles. The van der Waals surface area contributed by atoms with E-state index in [1.165, 1.54) is 6.07 Å². The molecule has 1 aromatic heterocycles. The van der Waals surface area contributed by atoms with Crippen molar-refractivity contribution in [3.63, 3.8) is 0 Å². The number of aromatic nitrogens is 1. The maximum absolute atomic E-state index is 12.4. The number of ketones is 1. The van der Waals surface area contributed by atoms with Gasteiger partial charge in [0.15, 0.2) is 6.61 Å². The summed E-state index contributed by atoms with van der Waals surface area (Å²) in [6.07, 6.45) is 0. The average molecular weight is 347 g/mol. The number of carbonyl (C=O) groups excluding carboxylic acids is 1. The van der Waals surface area contributed by atoms with Crippen LogP contribution >= 0.6 is 11.6 Å². The zero-order valence-electron chi connectivity index (χ0n) is 13.9. The molecule has 6 heteroatoms. The van der Waals surface area contributed by atoms with E-state index in [-0.39, 0.29) is 12.4 Å². The quantitative estimate of drug-likeness (QED) is 0.719. The van der Waals surface area contributed by atoms with Crippen LogP contribution < -0.4 is 4.74 Å². The number of ether oxygens (including phenoxy) is 2. The zero-order valence-corrected chi connectivity index (χ0v) is 14.7. The monoisotopic (exact) mass is 346 g/mol. The van der Waals surface area contributed by atoms with Gasteiger partial charge in [-0.15, -0.1) is 0 Å². The molecule has 0 amide bonds. The minimum Gasteiger partial charge on any atom is -0.484 e. The summed E-state index contributed by atoms with van der Waals surface area (Å²) >= 11 is 6.05. The molecule has 0 aliphatic heterocycles. The minimum atomic E-state index is -0.118. The van der Waals surface area contributed by atoms with Crippen LogP contribution in [0.2, 0.25) is 5.02 Å². The van der Waals surface area contributed by atoms with Gasteiger partial charge in [0.1, 0.15) is 5.75 Å². The van der Waals surface area contributed by atoms with Crippen LogP contribution in [-0.4, -0.2) is 30.7 Å². The molecule has 0 radical (unpaired) electrons. The molecule has 0 fully saturated rings. The lowest BCUT2D eigenvalue weighted by atomic mass is 10.1. The summed E-state index contributed by atoms with van der Waals surface area (Å²) in [5, 5.41) is 9.14. The van der Waals surface area contributed by atoms with Crippen LogP contribution in [0.25, 0.3) is 0 Å². The third kappa shape index (κ3) is 3.97. The average Bonchev–Trinajstić information content (AvgIpc) is 2.85. The van der Waals surface area contributed by atoms with E-state index in [0.29, 0.717) is 35.1 Å². The summed E-state index contributed by atoms with van der Waals surface area (Å²) in [4.78, 5) is 12.4. The van der Waals surface area contributed by atoms with Crippen molar-refractivity contribution < 1.29 is 14.3 Å². The lowest BCUT2D eigenvalue weighted by molar-refractivity contribution is 0.0920. The number of benzene rings is 1. The number of carbonyl (C=O) groups is 1. The van der Waals surface area contributed by atoms with Gasteiger partial charge in [0.25, 0.3) is 0 Å². The number of nitriles is 1. The Morgan fingerprint density at radius 1 is 1.33 bits per heavy atom. The van der Waals surface area contributed by atoms with Gasteiger partial charge in [0.05, 0.1) is 23.3 Å². The number of rotatable bonds is 7. The normalized spacial score (nSPS) is 10.5. The van der Waals surface area contributed by atoms with Crippen molar-refractivity contribution in [1.82, 2.24) is 4.57 Å². The van der Waals surface area contributed by atoms with E-state index in [2.05, 4.69) is 0 Å². The fourth-order valence-electron chi connectivity index (χ4n) is 2.52. The van der Waals surface area contributed by atoms with Gasteiger partial charge in [-0.2, -0.15) is 5.26 Å². The van der Waals surface area contributed by atoms with Gasteiger partial charge in [-0.25, -0.2) is 0 Å². The molecule has 0 bridgehead atoms. The summed E-state index contributed by atoms with van der Waals surface area (Å²) in [6.45, 7) is 5.04. The second-order valence-electron chi connectivity index (χ2n) is 5.40. The molecular weight excluding hydrogens is 328 g/mol. The Labute approximate surface area is 146 Å². The van der Waals surface area contributed by atoms with Gasteiger partial charge in [0.2, 0.25) is 5.78 Å². The van der Waals surface area contributed by atoms with E-state index in [4.69, 9.17) is 26.3 Å². The van der Waals surface area contributed by atoms with Crippen molar-refractivity contribution in [2.24, 2.45) is 0 Å². The van der Waals surface area contributed by atoms with E-state index in [0.717, 1.165) is 11.4 Å². The fraction of sp³-hybridized carbons (Fsp3) is 0.333. The van der Waals surface area contributed by atoms with Crippen molar-refractivity contribution in [3.05, 3.63) is 51.8 Å². The first-order valence-electron chi connectivity index (χ1n) is 7.49. The Morgan fingerprint density at radius 2 is 2.08 bits per heavy atom. The summed E-state index contributed by atoms with van der Waals surface area (Å²) in [5.41, 5.74) is 2.97. The molecule has 0 atom stereocenters. The van der Waals surface area contributed by atoms with Crippen molar-refractivity contribution in [2.75, 3.05) is 20.3 Å². The molecule has 0 aliphatic rings. The molecule has 2 rings (SSSR count). The van der Waals surface area contributed by atoms with Gasteiger partial charge in [0, 0.05) is 30.6 Å². The molecule has 5 nitrogen and oxygen atoms in total. The van der Waals surface area contributed by atoms with Crippen molar-refractivity contribution >= 4 is 17.4 Å². The molecule has 0 aliphatic carbocycles. The molecule has 0 spiro atoms. The summed E-state index contributed by atoms with van der Waals surface area (Å²) in [7, 11) is 1.65. The Morgan fingerprint density at radius 3 is 2.71 bits per heavy atom. The van der Waals surface area contributed by atoms with Crippen LogP contribution in [0.3, 0.4) is 0 Å². The number of hydrogen-bond acceptors (Lipinski definition) is 4. The maximum atomic E-state index is 12.4. The number of hydrogen-bond donors (Lipinski definition) is 0. The van der Waals surface area contributed by atoms with Crippen molar-refractivity contribution in [3.8, 4) is 11.8 Å². The SMILES string of the molecule is COCCn1c(C)cc(C(=O)COc2ccc(C#N)cc2Cl)c1C. The number of Topliss-reactive ketones (excluding diaryl/α,β-unsaturated/α-hetero) is 1. The molecule has 1 heterocycles. The summed E-state index contributed by atoms with van der Waals surface area (Å²) in [5.74, 6) is 0.268. The second-order valence-corrected chi connectivity index (χ2v) is 5.81. The topological polar surface area (TPSA) is 64.2 Å². The van der Waals surface area contributed by atoms with Crippen LogP contribution in [0, 0.1) is 25.2 Å². The molecule has 0 unspecified atom stereocenters. The Balaban J connectivity index is 2.09. The molecule has 0 N–H and O–H groups in total. The maximum Gasteiger partial charge on any atom is 0.202 e. The number of aryl methyl sites for hydroxylation is 1. The largest absolute Gasteiger partial charge is 0.484 e. The summed E-state index contributed by atoms with van der Waals surface area (Å²) in [6, 6.07) is 8.56. The lowest BCUT2D eigenvalue weighted by Crippen LogP contribution is -2.14. The predicted molar refractivity (Wildman–Crippen MR) is 91.8 cm³/mol. The highest BCUT2D eigenvalue weighted by molar-refractivity contribution is 6.32. The minimum absolute atomic E-state index is 0.111. The van der Waals surface area contributed by atoms with E-state index in [1.54, 1.807) is 19.2 Å². The number of halogens is 1.